The molecule has 17 heavy (non-hydrogen) atoms. The van der Waals surface area contributed by atoms with Crippen molar-refractivity contribution in [2.45, 2.75) is 5.88 Å². The van der Waals surface area contributed by atoms with Crippen LogP contribution in [-0.2, 0) is 5.88 Å². The quantitative estimate of drug-likeness (QED) is 0.651. The minimum atomic E-state index is 0.438. The van der Waals surface area contributed by atoms with E-state index in [1.54, 1.807) is 17.1 Å². The third kappa shape index (κ3) is 1.76. The standard InChI is InChI=1S/C12H9ClN4/c13-6-9-5-10(8-14-7-9)17-12-4-2-1-3-11(12)15-16-17/h1-5,7-8H,6H2. The number of alkyl halides is 1. The van der Waals surface area contributed by atoms with Gasteiger partial charge in [0.2, 0.25) is 0 Å². The predicted molar refractivity (Wildman–Crippen MR) is 66.2 cm³/mol. The molecule has 0 saturated carbocycles. The van der Waals surface area contributed by atoms with Crippen LogP contribution in [0.5, 0.6) is 0 Å². The van der Waals surface area contributed by atoms with Crippen LogP contribution in [0.1, 0.15) is 5.56 Å². The Morgan fingerprint density at radius 2 is 2.06 bits per heavy atom. The van der Waals surface area contributed by atoms with Gasteiger partial charge in [0, 0.05) is 12.1 Å². The van der Waals surface area contributed by atoms with Gasteiger partial charge in [-0.05, 0) is 23.8 Å². The van der Waals surface area contributed by atoms with Gasteiger partial charge in [0.1, 0.15) is 5.52 Å². The van der Waals surface area contributed by atoms with Crippen LogP contribution in [-0.4, -0.2) is 20.0 Å². The highest BCUT2D eigenvalue weighted by atomic mass is 35.5. The molecule has 0 saturated heterocycles. The van der Waals surface area contributed by atoms with Gasteiger partial charge in [-0.2, -0.15) is 0 Å². The summed E-state index contributed by atoms with van der Waals surface area (Å²) in [5.74, 6) is 0.438. The number of nitrogens with zero attached hydrogens (tertiary/aromatic N) is 4. The van der Waals surface area contributed by atoms with Crippen molar-refractivity contribution in [1.29, 1.82) is 0 Å². The first-order valence-electron chi connectivity index (χ1n) is 5.19. The van der Waals surface area contributed by atoms with Gasteiger partial charge in [-0.1, -0.05) is 17.3 Å². The van der Waals surface area contributed by atoms with Crippen molar-refractivity contribution in [3.8, 4) is 5.69 Å². The van der Waals surface area contributed by atoms with E-state index >= 15 is 0 Å². The highest BCUT2D eigenvalue weighted by Gasteiger charge is 2.06. The molecule has 3 aromatic rings. The Labute approximate surface area is 103 Å². The highest BCUT2D eigenvalue weighted by Crippen LogP contribution is 2.16. The van der Waals surface area contributed by atoms with Crippen molar-refractivity contribution in [3.05, 3.63) is 48.3 Å². The molecule has 0 amide bonds. The number of fused-ring (bicyclic) bond motifs is 1. The van der Waals surface area contributed by atoms with E-state index in [9.17, 15) is 0 Å². The summed E-state index contributed by atoms with van der Waals surface area (Å²) < 4.78 is 1.76. The van der Waals surface area contributed by atoms with Gasteiger partial charge in [0.25, 0.3) is 0 Å². The average Bonchev–Trinajstić information content (AvgIpc) is 2.82. The average molecular weight is 245 g/mol. The third-order valence-corrected chi connectivity index (χ3v) is 2.84. The second-order valence-corrected chi connectivity index (χ2v) is 3.94. The number of pyridine rings is 1. The van der Waals surface area contributed by atoms with Crippen LogP contribution < -0.4 is 0 Å². The zero-order valence-electron chi connectivity index (χ0n) is 8.92. The van der Waals surface area contributed by atoms with E-state index in [0.717, 1.165) is 22.3 Å². The summed E-state index contributed by atoms with van der Waals surface area (Å²) in [5.41, 5.74) is 3.66. The Hall–Kier alpha value is -1.94. The number of para-hydroxylation sites is 1. The summed E-state index contributed by atoms with van der Waals surface area (Å²) in [4.78, 5) is 4.15. The number of hydrogen-bond donors (Lipinski definition) is 0. The van der Waals surface area contributed by atoms with E-state index in [2.05, 4.69) is 15.3 Å². The summed E-state index contributed by atoms with van der Waals surface area (Å²) in [7, 11) is 0. The SMILES string of the molecule is ClCc1cncc(-n2nnc3ccccc32)c1. The molecule has 0 aliphatic heterocycles. The number of aromatic nitrogens is 4. The maximum Gasteiger partial charge on any atom is 0.113 e. The lowest BCUT2D eigenvalue weighted by Gasteiger charge is -2.02. The first-order valence-corrected chi connectivity index (χ1v) is 5.72. The molecule has 0 unspecified atom stereocenters. The van der Waals surface area contributed by atoms with Gasteiger partial charge in [0.15, 0.2) is 0 Å². The van der Waals surface area contributed by atoms with Crippen LogP contribution >= 0.6 is 11.6 Å². The molecule has 84 valence electrons. The Balaban J connectivity index is 2.20. The Bertz CT molecular complexity index is 662. The number of benzene rings is 1. The van der Waals surface area contributed by atoms with Crippen LogP contribution in [0, 0.1) is 0 Å². The van der Waals surface area contributed by atoms with Crippen LogP contribution in [0.25, 0.3) is 16.7 Å². The van der Waals surface area contributed by atoms with Gasteiger partial charge < -0.3 is 0 Å². The monoisotopic (exact) mass is 244 g/mol. The number of halogens is 1. The lowest BCUT2D eigenvalue weighted by Crippen LogP contribution is -1.98. The molecule has 2 heterocycles. The van der Waals surface area contributed by atoms with Crippen molar-refractivity contribution in [3.63, 3.8) is 0 Å². The normalized spacial score (nSPS) is 10.9. The van der Waals surface area contributed by atoms with Crippen LogP contribution in [0.15, 0.2) is 42.7 Å². The van der Waals surface area contributed by atoms with E-state index in [0.29, 0.717) is 5.88 Å². The number of hydrogen-bond acceptors (Lipinski definition) is 3. The molecule has 0 spiro atoms. The topological polar surface area (TPSA) is 43.6 Å². The molecule has 0 radical (unpaired) electrons. The van der Waals surface area contributed by atoms with E-state index in [-0.39, 0.29) is 0 Å². The Morgan fingerprint density at radius 1 is 1.18 bits per heavy atom. The summed E-state index contributed by atoms with van der Waals surface area (Å²) in [6.45, 7) is 0. The van der Waals surface area contributed by atoms with Crippen LogP contribution in [0.4, 0.5) is 0 Å². The van der Waals surface area contributed by atoms with Crippen molar-refractivity contribution in [2.75, 3.05) is 0 Å². The summed E-state index contributed by atoms with van der Waals surface area (Å²) >= 11 is 5.79. The van der Waals surface area contributed by atoms with Gasteiger partial charge in [-0.15, -0.1) is 16.7 Å². The molecule has 5 heteroatoms. The summed E-state index contributed by atoms with van der Waals surface area (Å²) in [6.07, 6.45) is 3.49. The fourth-order valence-electron chi connectivity index (χ4n) is 1.72. The summed E-state index contributed by atoms with van der Waals surface area (Å²) in [5, 5.41) is 8.23. The molecule has 1 aromatic carbocycles. The molecule has 3 rings (SSSR count). The maximum absolute atomic E-state index is 5.79. The first-order chi connectivity index (χ1) is 8.38. The van der Waals surface area contributed by atoms with Crippen molar-refractivity contribution in [2.24, 2.45) is 0 Å². The van der Waals surface area contributed by atoms with Gasteiger partial charge >= 0.3 is 0 Å². The number of rotatable bonds is 2. The molecule has 0 bridgehead atoms. The fraction of sp³-hybridized carbons (Fsp3) is 0.0833. The Kier molecular flexibility index (Phi) is 2.49. The van der Waals surface area contributed by atoms with Gasteiger partial charge in [-0.3, -0.25) is 4.98 Å². The molecule has 0 aliphatic rings. The van der Waals surface area contributed by atoms with E-state index in [4.69, 9.17) is 11.6 Å². The van der Waals surface area contributed by atoms with Crippen molar-refractivity contribution in [1.82, 2.24) is 20.0 Å². The third-order valence-electron chi connectivity index (χ3n) is 2.53. The summed E-state index contributed by atoms with van der Waals surface area (Å²) in [6, 6.07) is 9.76. The molecule has 2 aromatic heterocycles. The second-order valence-electron chi connectivity index (χ2n) is 3.67. The van der Waals surface area contributed by atoms with E-state index in [1.807, 2.05) is 30.3 Å². The van der Waals surface area contributed by atoms with Crippen molar-refractivity contribution >= 4 is 22.6 Å². The predicted octanol–water partition coefficient (Wildman–Crippen LogP) is 2.55. The molecule has 0 fully saturated rings. The molecule has 0 N–H and O–H groups in total. The van der Waals surface area contributed by atoms with Crippen LogP contribution in [0.2, 0.25) is 0 Å². The zero-order chi connectivity index (χ0) is 11.7. The van der Waals surface area contributed by atoms with E-state index < -0.39 is 0 Å². The lowest BCUT2D eigenvalue weighted by atomic mass is 10.3. The highest BCUT2D eigenvalue weighted by molar-refractivity contribution is 6.17. The van der Waals surface area contributed by atoms with Gasteiger partial charge in [-0.25, -0.2) is 4.68 Å². The fourth-order valence-corrected chi connectivity index (χ4v) is 1.87. The van der Waals surface area contributed by atoms with Crippen LogP contribution in [0.3, 0.4) is 0 Å². The molecular formula is C12H9ClN4. The largest absolute Gasteiger partial charge is 0.262 e. The first kappa shape index (κ1) is 10.2. The lowest BCUT2D eigenvalue weighted by molar-refractivity contribution is 0.818. The van der Waals surface area contributed by atoms with E-state index in [1.165, 1.54) is 0 Å². The minimum Gasteiger partial charge on any atom is -0.262 e. The zero-order valence-corrected chi connectivity index (χ0v) is 9.67. The van der Waals surface area contributed by atoms with Gasteiger partial charge in [0.05, 0.1) is 17.4 Å². The molecule has 0 aliphatic carbocycles. The maximum atomic E-state index is 5.79. The minimum absolute atomic E-state index is 0.438. The molecule has 0 atom stereocenters. The van der Waals surface area contributed by atoms with Crippen molar-refractivity contribution < 1.29 is 0 Å². The smallest absolute Gasteiger partial charge is 0.113 e. The molecular weight excluding hydrogens is 236 g/mol. The second kappa shape index (κ2) is 4.14. The Morgan fingerprint density at radius 3 is 2.94 bits per heavy atom. The molecule has 4 nitrogen and oxygen atoms in total.